The van der Waals surface area contributed by atoms with E-state index >= 15 is 0 Å². The standard InChI is InChI=1S/C10H20N2O3/c1-15-9(6-11)10(14)12-7-4-2-3-5-8(7)13/h7-9,13H,2-6,11H2,1H3,(H,12,14). The molecule has 0 heterocycles. The van der Waals surface area contributed by atoms with Crippen LogP contribution in [0.2, 0.25) is 0 Å². The third kappa shape index (κ3) is 3.44. The number of hydrogen-bond acceptors (Lipinski definition) is 4. The van der Waals surface area contributed by atoms with E-state index in [1.54, 1.807) is 0 Å². The molecule has 1 amide bonds. The zero-order valence-corrected chi connectivity index (χ0v) is 9.11. The first-order valence-electron chi connectivity index (χ1n) is 5.40. The van der Waals surface area contributed by atoms with Gasteiger partial charge in [0, 0.05) is 13.7 Å². The highest BCUT2D eigenvalue weighted by Crippen LogP contribution is 2.18. The zero-order chi connectivity index (χ0) is 11.3. The maximum Gasteiger partial charge on any atom is 0.250 e. The number of aliphatic hydroxyl groups is 1. The van der Waals surface area contributed by atoms with E-state index in [1.807, 2.05) is 0 Å². The molecule has 0 saturated heterocycles. The van der Waals surface area contributed by atoms with E-state index in [9.17, 15) is 9.90 Å². The number of methoxy groups -OCH3 is 1. The van der Waals surface area contributed by atoms with Gasteiger partial charge in [-0.1, -0.05) is 12.8 Å². The Morgan fingerprint density at radius 1 is 1.60 bits per heavy atom. The number of rotatable bonds is 4. The maximum atomic E-state index is 11.6. The van der Waals surface area contributed by atoms with Crippen LogP contribution in [0.4, 0.5) is 0 Å². The molecule has 5 heteroatoms. The second-order valence-electron chi connectivity index (χ2n) is 3.93. The summed E-state index contributed by atoms with van der Waals surface area (Å²) < 4.78 is 4.92. The average molecular weight is 216 g/mol. The average Bonchev–Trinajstić information content (AvgIpc) is 2.23. The number of carbonyl (C=O) groups is 1. The number of aliphatic hydroxyl groups excluding tert-OH is 1. The van der Waals surface area contributed by atoms with Crippen LogP contribution in [0.1, 0.15) is 25.7 Å². The van der Waals surface area contributed by atoms with Crippen LogP contribution in [-0.2, 0) is 9.53 Å². The van der Waals surface area contributed by atoms with Crippen molar-refractivity contribution in [3.8, 4) is 0 Å². The van der Waals surface area contributed by atoms with Crippen molar-refractivity contribution in [3.05, 3.63) is 0 Å². The molecule has 1 aliphatic carbocycles. The largest absolute Gasteiger partial charge is 0.391 e. The molecule has 15 heavy (non-hydrogen) atoms. The molecule has 1 aliphatic rings. The fourth-order valence-corrected chi connectivity index (χ4v) is 1.87. The Morgan fingerprint density at radius 2 is 2.27 bits per heavy atom. The Labute approximate surface area is 90.0 Å². The quantitative estimate of drug-likeness (QED) is 0.584. The topological polar surface area (TPSA) is 84.6 Å². The molecule has 88 valence electrons. The lowest BCUT2D eigenvalue weighted by atomic mass is 9.92. The number of hydrogen-bond donors (Lipinski definition) is 3. The van der Waals surface area contributed by atoms with Crippen molar-refractivity contribution in [1.82, 2.24) is 5.32 Å². The molecule has 0 aromatic heterocycles. The molecular formula is C10H20N2O3. The summed E-state index contributed by atoms with van der Waals surface area (Å²) in [6.45, 7) is 0.158. The summed E-state index contributed by atoms with van der Waals surface area (Å²) in [5.41, 5.74) is 5.38. The third-order valence-corrected chi connectivity index (χ3v) is 2.85. The van der Waals surface area contributed by atoms with Gasteiger partial charge in [-0.15, -0.1) is 0 Å². The van der Waals surface area contributed by atoms with Crippen molar-refractivity contribution in [3.63, 3.8) is 0 Å². The van der Waals surface area contributed by atoms with Gasteiger partial charge in [0.05, 0.1) is 12.1 Å². The molecule has 0 aromatic rings. The summed E-state index contributed by atoms with van der Waals surface area (Å²) in [4.78, 5) is 11.6. The Kier molecular flexibility index (Phi) is 5.01. The van der Waals surface area contributed by atoms with Crippen LogP contribution in [0.5, 0.6) is 0 Å². The second-order valence-corrected chi connectivity index (χ2v) is 3.93. The van der Waals surface area contributed by atoms with Crippen LogP contribution in [0.25, 0.3) is 0 Å². The van der Waals surface area contributed by atoms with Gasteiger partial charge in [0.15, 0.2) is 0 Å². The smallest absolute Gasteiger partial charge is 0.250 e. The Morgan fingerprint density at radius 3 is 2.80 bits per heavy atom. The first-order valence-corrected chi connectivity index (χ1v) is 5.40. The molecule has 1 rings (SSSR count). The highest BCUT2D eigenvalue weighted by molar-refractivity contribution is 5.81. The van der Waals surface area contributed by atoms with E-state index in [0.29, 0.717) is 0 Å². The van der Waals surface area contributed by atoms with E-state index in [0.717, 1.165) is 25.7 Å². The van der Waals surface area contributed by atoms with Gasteiger partial charge in [0.25, 0.3) is 5.91 Å². The Balaban J connectivity index is 2.41. The Bertz CT molecular complexity index is 207. The number of amides is 1. The molecule has 3 unspecified atom stereocenters. The molecule has 1 fully saturated rings. The van der Waals surface area contributed by atoms with Crippen LogP contribution < -0.4 is 11.1 Å². The van der Waals surface area contributed by atoms with Crippen LogP contribution in [0.15, 0.2) is 0 Å². The number of nitrogens with one attached hydrogen (secondary N) is 1. The lowest BCUT2D eigenvalue weighted by Gasteiger charge is -2.29. The lowest BCUT2D eigenvalue weighted by molar-refractivity contribution is -0.132. The summed E-state index contributed by atoms with van der Waals surface area (Å²) in [6.07, 6.45) is 2.61. The fraction of sp³-hybridized carbons (Fsp3) is 0.900. The van der Waals surface area contributed by atoms with Gasteiger partial charge in [-0.05, 0) is 12.8 Å². The zero-order valence-electron chi connectivity index (χ0n) is 9.11. The molecule has 0 aliphatic heterocycles. The molecular weight excluding hydrogens is 196 g/mol. The van der Waals surface area contributed by atoms with E-state index in [4.69, 9.17) is 10.5 Å². The highest BCUT2D eigenvalue weighted by atomic mass is 16.5. The van der Waals surface area contributed by atoms with Gasteiger partial charge in [-0.25, -0.2) is 0 Å². The molecule has 1 saturated carbocycles. The van der Waals surface area contributed by atoms with Gasteiger partial charge >= 0.3 is 0 Å². The minimum atomic E-state index is -0.612. The Hall–Kier alpha value is -0.650. The molecule has 5 nitrogen and oxygen atoms in total. The van der Waals surface area contributed by atoms with E-state index in [2.05, 4.69) is 5.32 Å². The maximum absolute atomic E-state index is 11.6. The fourth-order valence-electron chi connectivity index (χ4n) is 1.87. The van der Waals surface area contributed by atoms with Crippen LogP contribution in [-0.4, -0.2) is 42.9 Å². The molecule has 0 spiro atoms. The summed E-state index contributed by atoms with van der Waals surface area (Å²) in [5.74, 6) is -0.231. The minimum absolute atomic E-state index is 0.143. The van der Waals surface area contributed by atoms with Gasteiger partial charge < -0.3 is 20.9 Å². The number of ether oxygens (including phenoxy) is 1. The van der Waals surface area contributed by atoms with Crippen molar-refractivity contribution in [1.29, 1.82) is 0 Å². The van der Waals surface area contributed by atoms with Crippen molar-refractivity contribution in [2.75, 3.05) is 13.7 Å². The summed E-state index contributed by atoms with van der Waals surface area (Å²) in [5, 5.41) is 12.4. The van der Waals surface area contributed by atoms with Crippen LogP contribution in [0.3, 0.4) is 0 Å². The lowest BCUT2D eigenvalue weighted by Crippen LogP contribution is -2.50. The number of carbonyl (C=O) groups excluding carboxylic acids is 1. The van der Waals surface area contributed by atoms with Gasteiger partial charge in [0.1, 0.15) is 6.10 Å². The van der Waals surface area contributed by atoms with Crippen molar-refractivity contribution >= 4 is 5.91 Å². The SMILES string of the molecule is COC(CN)C(=O)NC1CCCCC1O. The predicted molar refractivity (Wildman–Crippen MR) is 56.3 cm³/mol. The monoisotopic (exact) mass is 216 g/mol. The van der Waals surface area contributed by atoms with Crippen LogP contribution in [0, 0.1) is 0 Å². The molecule has 0 bridgehead atoms. The van der Waals surface area contributed by atoms with Crippen LogP contribution >= 0.6 is 0 Å². The van der Waals surface area contributed by atoms with Gasteiger partial charge in [0.2, 0.25) is 0 Å². The molecule has 0 aromatic carbocycles. The first-order chi connectivity index (χ1) is 7.19. The normalized spacial score (nSPS) is 28.5. The first kappa shape index (κ1) is 12.4. The number of nitrogens with two attached hydrogens (primary N) is 1. The van der Waals surface area contributed by atoms with Crippen molar-refractivity contribution < 1.29 is 14.6 Å². The van der Waals surface area contributed by atoms with E-state index in [1.165, 1.54) is 7.11 Å². The van der Waals surface area contributed by atoms with E-state index in [-0.39, 0.29) is 18.5 Å². The summed E-state index contributed by atoms with van der Waals surface area (Å²) in [7, 11) is 1.45. The van der Waals surface area contributed by atoms with E-state index < -0.39 is 12.2 Å². The molecule has 0 radical (unpaired) electrons. The summed E-state index contributed by atoms with van der Waals surface area (Å²) in [6, 6.07) is -0.143. The summed E-state index contributed by atoms with van der Waals surface area (Å²) >= 11 is 0. The molecule has 3 atom stereocenters. The predicted octanol–water partition coefficient (Wildman–Crippen LogP) is -0.620. The molecule has 4 N–H and O–H groups in total. The third-order valence-electron chi connectivity index (χ3n) is 2.85. The van der Waals surface area contributed by atoms with Gasteiger partial charge in [-0.2, -0.15) is 0 Å². The van der Waals surface area contributed by atoms with Crippen molar-refractivity contribution in [2.45, 2.75) is 43.9 Å². The minimum Gasteiger partial charge on any atom is -0.391 e. The highest BCUT2D eigenvalue weighted by Gasteiger charge is 2.26. The van der Waals surface area contributed by atoms with Crippen molar-refractivity contribution in [2.24, 2.45) is 5.73 Å². The second kappa shape index (κ2) is 6.05. The van der Waals surface area contributed by atoms with Gasteiger partial charge in [-0.3, -0.25) is 4.79 Å².